The number of aromatic nitrogens is 1. The number of hydrogen-bond acceptors (Lipinski definition) is 4. The van der Waals surface area contributed by atoms with E-state index in [4.69, 9.17) is 4.52 Å². The molecule has 0 aliphatic heterocycles. The van der Waals surface area contributed by atoms with Gasteiger partial charge in [-0.1, -0.05) is 24.4 Å². The first kappa shape index (κ1) is 15.5. The van der Waals surface area contributed by atoms with Gasteiger partial charge in [-0.2, -0.15) is 0 Å². The standard InChI is InChI=1S/C15H23N3O3/c1-10-9-12(18-21-10)17-14(20)15(2,3)13(19)16-11-7-5-4-6-8-11/h9,11H,4-8H2,1-3H3,(H,16,19)(H,17,18,20). The third-order valence-electron chi connectivity index (χ3n) is 3.95. The number of carbonyl (C=O) groups excluding carboxylic acids is 2. The molecular formula is C15H23N3O3. The maximum Gasteiger partial charge on any atom is 0.240 e. The van der Waals surface area contributed by atoms with Gasteiger partial charge in [0.1, 0.15) is 11.2 Å². The van der Waals surface area contributed by atoms with Crippen molar-refractivity contribution in [1.29, 1.82) is 0 Å². The molecule has 1 aliphatic carbocycles. The molecule has 116 valence electrons. The number of hydrogen-bond donors (Lipinski definition) is 2. The van der Waals surface area contributed by atoms with Gasteiger partial charge in [0.25, 0.3) is 0 Å². The zero-order chi connectivity index (χ0) is 15.5. The number of nitrogens with zero attached hydrogens (tertiary/aromatic N) is 1. The van der Waals surface area contributed by atoms with Gasteiger partial charge in [0.15, 0.2) is 5.82 Å². The highest BCUT2D eigenvalue weighted by atomic mass is 16.5. The molecule has 6 nitrogen and oxygen atoms in total. The number of aryl methyl sites for hydroxylation is 1. The SMILES string of the molecule is Cc1cc(NC(=O)C(C)(C)C(=O)NC2CCCCC2)no1. The summed E-state index contributed by atoms with van der Waals surface area (Å²) in [6.45, 7) is 4.98. The van der Waals surface area contributed by atoms with Crippen molar-refractivity contribution in [1.82, 2.24) is 10.5 Å². The monoisotopic (exact) mass is 293 g/mol. The molecule has 1 aliphatic rings. The van der Waals surface area contributed by atoms with Crippen LogP contribution in [-0.2, 0) is 9.59 Å². The maximum atomic E-state index is 12.4. The van der Waals surface area contributed by atoms with Crippen molar-refractivity contribution >= 4 is 17.6 Å². The van der Waals surface area contributed by atoms with E-state index in [2.05, 4.69) is 15.8 Å². The van der Waals surface area contributed by atoms with Crippen LogP contribution in [0.5, 0.6) is 0 Å². The summed E-state index contributed by atoms with van der Waals surface area (Å²) in [7, 11) is 0. The molecule has 0 saturated heterocycles. The first-order valence-electron chi connectivity index (χ1n) is 7.45. The van der Waals surface area contributed by atoms with Gasteiger partial charge in [0.05, 0.1) is 0 Å². The lowest BCUT2D eigenvalue weighted by molar-refractivity contribution is -0.139. The molecule has 0 aromatic carbocycles. The molecule has 0 atom stereocenters. The Morgan fingerprint density at radius 3 is 2.48 bits per heavy atom. The Morgan fingerprint density at radius 1 is 1.24 bits per heavy atom. The summed E-state index contributed by atoms with van der Waals surface area (Å²) in [5, 5.41) is 9.31. The Labute approximate surface area is 124 Å². The molecule has 1 saturated carbocycles. The van der Waals surface area contributed by atoms with Gasteiger partial charge in [-0.3, -0.25) is 9.59 Å². The van der Waals surface area contributed by atoms with Gasteiger partial charge in [-0.25, -0.2) is 0 Å². The second kappa shape index (κ2) is 6.28. The van der Waals surface area contributed by atoms with Crippen LogP contribution in [0.4, 0.5) is 5.82 Å². The molecule has 1 aromatic rings. The van der Waals surface area contributed by atoms with E-state index in [1.165, 1.54) is 6.42 Å². The van der Waals surface area contributed by atoms with Crippen LogP contribution in [0.2, 0.25) is 0 Å². The summed E-state index contributed by atoms with van der Waals surface area (Å²) < 4.78 is 4.89. The van der Waals surface area contributed by atoms with Crippen molar-refractivity contribution in [3.63, 3.8) is 0 Å². The fourth-order valence-corrected chi connectivity index (χ4v) is 2.41. The van der Waals surface area contributed by atoms with Crippen LogP contribution in [0.25, 0.3) is 0 Å². The quantitative estimate of drug-likeness (QED) is 0.835. The molecule has 0 radical (unpaired) electrons. The van der Waals surface area contributed by atoms with E-state index in [-0.39, 0.29) is 17.9 Å². The average molecular weight is 293 g/mol. The third kappa shape index (κ3) is 3.83. The first-order chi connectivity index (χ1) is 9.89. The van der Waals surface area contributed by atoms with Gasteiger partial charge in [0, 0.05) is 12.1 Å². The van der Waals surface area contributed by atoms with Crippen molar-refractivity contribution < 1.29 is 14.1 Å². The second-order valence-corrected chi connectivity index (χ2v) is 6.21. The molecule has 2 rings (SSSR count). The van der Waals surface area contributed by atoms with Gasteiger partial charge in [-0.05, 0) is 33.6 Å². The minimum atomic E-state index is -1.15. The maximum absolute atomic E-state index is 12.4. The largest absolute Gasteiger partial charge is 0.360 e. The van der Waals surface area contributed by atoms with Crippen LogP contribution in [0.3, 0.4) is 0 Å². The van der Waals surface area contributed by atoms with Crippen molar-refractivity contribution in [3.05, 3.63) is 11.8 Å². The average Bonchev–Trinajstić information content (AvgIpc) is 2.85. The Balaban J connectivity index is 1.95. The summed E-state index contributed by atoms with van der Waals surface area (Å²) in [6.07, 6.45) is 5.48. The zero-order valence-electron chi connectivity index (χ0n) is 12.9. The fourth-order valence-electron chi connectivity index (χ4n) is 2.41. The Hall–Kier alpha value is -1.85. The van der Waals surface area contributed by atoms with Crippen LogP contribution in [-0.4, -0.2) is 23.0 Å². The smallest absolute Gasteiger partial charge is 0.240 e. The van der Waals surface area contributed by atoms with Crippen molar-refractivity contribution in [2.75, 3.05) is 5.32 Å². The lowest BCUT2D eigenvalue weighted by Gasteiger charge is -2.28. The summed E-state index contributed by atoms with van der Waals surface area (Å²) >= 11 is 0. The van der Waals surface area contributed by atoms with E-state index < -0.39 is 5.41 Å². The van der Waals surface area contributed by atoms with Gasteiger partial charge in [-0.15, -0.1) is 0 Å². The lowest BCUT2D eigenvalue weighted by atomic mass is 9.89. The molecular weight excluding hydrogens is 270 g/mol. The number of rotatable bonds is 4. The highest BCUT2D eigenvalue weighted by Gasteiger charge is 2.37. The normalized spacial score (nSPS) is 16.5. The highest BCUT2D eigenvalue weighted by Crippen LogP contribution is 2.22. The molecule has 6 heteroatoms. The summed E-state index contributed by atoms with van der Waals surface area (Å²) in [5.41, 5.74) is -1.15. The Bertz CT molecular complexity index is 516. The summed E-state index contributed by atoms with van der Waals surface area (Å²) in [5.74, 6) is 0.307. The predicted molar refractivity (Wildman–Crippen MR) is 78.7 cm³/mol. The number of carbonyl (C=O) groups is 2. The number of nitrogens with one attached hydrogen (secondary N) is 2. The van der Waals surface area contributed by atoms with E-state index in [9.17, 15) is 9.59 Å². The molecule has 0 unspecified atom stereocenters. The number of amides is 2. The van der Waals surface area contributed by atoms with Crippen LogP contribution >= 0.6 is 0 Å². The van der Waals surface area contributed by atoms with Crippen LogP contribution in [0, 0.1) is 12.3 Å². The van der Waals surface area contributed by atoms with Gasteiger partial charge >= 0.3 is 0 Å². The van der Waals surface area contributed by atoms with Crippen LogP contribution < -0.4 is 10.6 Å². The van der Waals surface area contributed by atoms with E-state index >= 15 is 0 Å². The molecule has 2 N–H and O–H groups in total. The molecule has 2 amide bonds. The summed E-state index contributed by atoms with van der Waals surface area (Å²) in [6, 6.07) is 1.81. The van der Waals surface area contributed by atoms with Gasteiger partial charge < -0.3 is 15.2 Å². The molecule has 1 aromatic heterocycles. The Morgan fingerprint density at radius 2 is 1.90 bits per heavy atom. The van der Waals surface area contributed by atoms with Gasteiger partial charge in [0.2, 0.25) is 11.8 Å². The van der Waals surface area contributed by atoms with E-state index in [0.717, 1.165) is 25.7 Å². The Kier molecular flexibility index (Phi) is 4.65. The molecule has 1 fully saturated rings. The van der Waals surface area contributed by atoms with Crippen LogP contribution in [0.15, 0.2) is 10.6 Å². The predicted octanol–water partition coefficient (Wildman–Crippen LogP) is 2.40. The van der Waals surface area contributed by atoms with E-state index in [1.54, 1.807) is 26.8 Å². The van der Waals surface area contributed by atoms with E-state index in [1.807, 2.05) is 0 Å². The summed E-state index contributed by atoms with van der Waals surface area (Å²) in [4.78, 5) is 24.6. The van der Waals surface area contributed by atoms with Crippen molar-refractivity contribution in [3.8, 4) is 0 Å². The van der Waals surface area contributed by atoms with E-state index in [0.29, 0.717) is 11.6 Å². The first-order valence-corrected chi connectivity index (χ1v) is 7.45. The van der Waals surface area contributed by atoms with Crippen molar-refractivity contribution in [2.45, 2.75) is 58.9 Å². The minimum Gasteiger partial charge on any atom is -0.360 e. The van der Waals surface area contributed by atoms with Crippen molar-refractivity contribution in [2.24, 2.45) is 5.41 Å². The molecule has 0 spiro atoms. The lowest BCUT2D eigenvalue weighted by Crippen LogP contribution is -2.49. The molecule has 0 bridgehead atoms. The topological polar surface area (TPSA) is 84.2 Å². The minimum absolute atomic E-state index is 0.188. The second-order valence-electron chi connectivity index (χ2n) is 6.21. The molecule has 21 heavy (non-hydrogen) atoms. The third-order valence-corrected chi connectivity index (χ3v) is 3.95. The molecule has 1 heterocycles. The fraction of sp³-hybridized carbons (Fsp3) is 0.667. The highest BCUT2D eigenvalue weighted by molar-refractivity contribution is 6.09. The van der Waals surface area contributed by atoms with Crippen LogP contribution in [0.1, 0.15) is 51.7 Å². The number of anilines is 1. The zero-order valence-corrected chi connectivity index (χ0v) is 12.9.